The summed E-state index contributed by atoms with van der Waals surface area (Å²) in [6, 6.07) is 2.37. The molecule has 1 aliphatic carbocycles. The lowest BCUT2D eigenvalue weighted by Crippen LogP contribution is -2.67. The molecule has 1 atom stereocenters. The Morgan fingerprint density at radius 3 is 2.41 bits per heavy atom. The van der Waals surface area contributed by atoms with Gasteiger partial charge in [0.2, 0.25) is 0 Å². The second kappa shape index (κ2) is 6.02. The quantitative estimate of drug-likeness (QED) is 0.775. The Balaban J connectivity index is 1.21. The lowest BCUT2D eigenvalue weighted by atomic mass is 9.75. The van der Waals surface area contributed by atoms with Crippen LogP contribution in [0.15, 0.2) is 11.1 Å². The molecule has 0 N–H and O–H groups in total. The maximum absolute atomic E-state index is 13.0. The Kier molecular flexibility index (Phi) is 4.03. The molecule has 0 bridgehead atoms. The molecule has 1 aromatic rings. The minimum atomic E-state index is -3.44. The number of ether oxygens (including phenoxy) is 1. The van der Waals surface area contributed by atoms with Crippen LogP contribution in [-0.4, -0.2) is 72.8 Å². The molecule has 3 saturated heterocycles. The number of hydrogen-bond acceptors (Lipinski definition) is 5. The van der Waals surface area contributed by atoms with Crippen LogP contribution in [0, 0.1) is 17.8 Å². The molecule has 1 aromatic heterocycles. The van der Waals surface area contributed by atoms with Crippen LogP contribution in [0.1, 0.15) is 37.8 Å². The van der Waals surface area contributed by atoms with E-state index in [1.54, 1.807) is 17.4 Å². The van der Waals surface area contributed by atoms with Gasteiger partial charge in [-0.15, -0.1) is 0 Å². The Morgan fingerprint density at radius 2 is 1.85 bits per heavy atom. The second-order valence-electron chi connectivity index (χ2n) is 9.45. The first-order valence-electron chi connectivity index (χ1n) is 10.1. The van der Waals surface area contributed by atoms with Gasteiger partial charge in [-0.1, -0.05) is 0 Å². The molecular formula is C19H30N4O3S. The third-order valence-electron chi connectivity index (χ3n) is 7.43. The van der Waals surface area contributed by atoms with Crippen LogP contribution in [0.4, 0.5) is 0 Å². The molecule has 0 radical (unpaired) electrons. The standard InChI is InChI=1S/C19H30N4O3S/c1-15-9-17(21(2)20-15)27(24,25)23-7-5-18(6-8-23)4-3-16(10-18)22-11-19(12-22)13-26-14-19/h9,16H,3-8,10-14H2,1-2H3/t16-/m1/s1. The van der Waals surface area contributed by atoms with Crippen LogP contribution in [0.25, 0.3) is 0 Å². The highest BCUT2D eigenvalue weighted by atomic mass is 32.2. The first kappa shape index (κ1) is 18.1. The highest BCUT2D eigenvalue weighted by Crippen LogP contribution is 2.51. The molecule has 3 aliphatic heterocycles. The van der Waals surface area contributed by atoms with Gasteiger partial charge < -0.3 is 4.74 Å². The molecule has 27 heavy (non-hydrogen) atoms. The molecule has 7 nitrogen and oxygen atoms in total. The first-order chi connectivity index (χ1) is 12.8. The molecule has 4 fully saturated rings. The lowest BCUT2D eigenvalue weighted by molar-refractivity contribution is -0.198. The molecule has 4 heterocycles. The van der Waals surface area contributed by atoms with Crippen molar-refractivity contribution in [2.45, 2.75) is 50.1 Å². The molecule has 4 aliphatic rings. The van der Waals surface area contributed by atoms with E-state index in [4.69, 9.17) is 4.74 Å². The third-order valence-corrected chi connectivity index (χ3v) is 9.39. The van der Waals surface area contributed by atoms with Gasteiger partial charge in [0.15, 0.2) is 5.03 Å². The predicted molar refractivity (Wildman–Crippen MR) is 101 cm³/mol. The zero-order chi connectivity index (χ0) is 18.9. The number of nitrogens with zero attached hydrogens (tertiary/aromatic N) is 4. The van der Waals surface area contributed by atoms with Crippen LogP contribution in [0.3, 0.4) is 0 Å². The third kappa shape index (κ3) is 2.87. The monoisotopic (exact) mass is 394 g/mol. The highest BCUT2D eigenvalue weighted by molar-refractivity contribution is 7.89. The number of hydrogen-bond donors (Lipinski definition) is 0. The van der Waals surface area contributed by atoms with E-state index < -0.39 is 10.0 Å². The fourth-order valence-corrected chi connectivity index (χ4v) is 7.37. The fourth-order valence-electron chi connectivity index (χ4n) is 5.75. The molecule has 1 saturated carbocycles. The zero-order valence-corrected chi connectivity index (χ0v) is 17.2. The molecule has 0 amide bonds. The summed E-state index contributed by atoms with van der Waals surface area (Å²) in [7, 11) is -1.73. The van der Waals surface area contributed by atoms with Crippen LogP contribution < -0.4 is 0 Å². The molecule has 8 heteroatoms. The number of piperidine rings is 1. The molecule has 0 unspecified atom stereocenters. The van der Waals surface area contributed by atoms with Crippen LogP contribution >= 0.6 is 0 Å². The van der Waals surface area contributed by atoms with Crippen LogP contribution in [-0.2, 0) is 21.8 Å². The second-order valence-corrected chi connectivity index (χ2v) is 11.3. The average Bonchev–Trinajstić information content (AvgIpc) is 3.09. The summed E-state index contributed by atoms with van der Waals surface area (Å²) in [4.78, 5) is 2.65. The topological polar surface area (TPSA) is 67.7 Å². The Hall–Kier alpha value is -0.960. The van der Waals surface area contributed by atoms with Gasteiger partial charge in [0.05, 0.1) is 18.9 Å². The number of aryl methyl sites for hydroxylation is 2. The van der Waals surface area contributed by atoms with E-state index in [1.807, 2.05) is 6.92 Å². The van der Waals surface area contributed by atoms with Crippen LogP contribution in [0.5, 0.6) is 0 Å². The Bertz CT molecular complexity index is 829. The summed E-state index contributed by atoms with van der Waals surface area (Å²) in [5, 5.41) is 4.52. The number of sulfonamides is 1. The van der Waals surface area contributed by atoms with E-state index in [1.165, 1.54) is 37.0 Å². The van der Waals surface area contributed by atoms with Gasteiger partial charge in [-0.3, -0.25) is 9.58 Å². The van der Waals surface area contributed by atoms with E-state index in [9.17, 15) is 8.42 Å². The summed E-state index contributed by atoms with van der Waals surface area (Å²) in [6.07, 6.45) is 5.73. The summed E-state index contributed by atoms with van der Waals surface area (Å²) in [5.74, 6) is 0. The maximum Gasteiger partial charge on any atom is 0.260 e. The van der Waals surface area contributed by atoms with Crippen LogP contribution in [0.2, 0.25) is 0 Å². The van der Waals surface area contributed by atoms with Crippen molar-refractivity contribution < 1.29 is 13.2 Å². The van der Waals surface area contributed by atoms with Crippen molar-refractivity contribution >= 4 is 10.0 Å². The molecule has 0 aromatic carbocycles. The smallest absolute Gasteiger partial charge is 0.260 e. The number of aromatic nitrogens is 2. The van der Waals surface area contributed by atoms with Crippen molar-refractivity contribution in [1.29, 1.82) is 0 Å². The van der Waals surface area contributed by atoms with Crippen molar-refractivity contribution in [2.75, 3.05) is 39.4 Å². The van der Waals surface area contributed by atoms with Gasteiger partial charge >= 0.3 is 0 Å². The van der Waals surface area contributed by atoms with Crippen molar-refractivity contribution in [3.63, 3.8) is 0 Å². The largest absolute Gasteiger partial charge is 0.380 e. The maximum atomic E-state index is 13.0. The van der Waals surface area contributed by atoms with E-state index in [0.717, 1.165) is 31.7 Å². The normalized spacial score (nSPS) is 30.5. The minimum Gasteiger partial charge on any atom is -0.380 e. The molecule has 2 spiro atoms. The summed E-state index contributed by atoms with van der Waals surface area (Å²) in [5.41, 5.74) is 1.57. The summed E-state index contributed by atoms with van der Waals surface area (Å²) >= 11 is 0. The fraction of sp³-hybridized carbons (Fsp3) is 0.842. The lowest BCUT2D eigenvalue weighted by Gasteiger charge is -2.57. The predicted octanol–water partition coefficient (Wildman–Crippen LogP) is 1.38. The number of likely N-dealkylation sites (tertiary alicyclic amines) is 1. The van der Waals surface area contributed by atoms with Gasteiger partial charge in [-0.25, -0.2) is 8.42 Å². The average molecular weight is 395 g/mol. The van der Waals surface area contributed by atoms with Gasteiger partial charge in [0, 0.05) is 44.7 Å². The SMILES string of the molecule is Cc1cc(S(=O)(=O)N2CCC3(CC[C@@H](N4CC5(COC5)C4)C3)CC2)n(C)n1. The van der Waals surface area contributed by atoms with Gasteiger partial charge in [0.25, 0.3) is 10.0 Å². The molecule has 5 rings (SSSR count). The van der Waals surface area contributed by atoms with Gasteiger partial charge in [-0.2, -0.15) is 9.40 Å². The Labute approximate surface area is 161 Å². The zero-order valence-electron chi connectivity index (χ0n) is 16.4. The van der Waals surface area contributed by atoms with Crippen molar-refractivity contribution in [1.82, 2.24) is 19.0 Å². The van der Waals surface area contributed by atoms with Crippen molar-refractivity contribution in [3.8, 4) is 0 Å². The first-order valence-corrected chi connectivity index (χ1v) is 11.6. The Morgan fingerprint density at radius 1 is 1.15 bits per heavy atom. The molecular weight excluding hydrogens is 364 g/mol. The van der Waals surface area contributed by atoms with Crippen molar-refractivity contribution in [3.05, 3.63) is 11.8 Å². The summed E-state index contributed by atoms with van der Waals surface area (Å²) in [6.45, 7) is 7.40. The minimum absolute atomic E-state index is 0.314. The van der Waals surface area contributed by atoms with E-state index >= 15 is 0 Å². The van der Waals surface area contributed by atoms with Crippen molar-refractivity contribution in [2.24, 2.45) is 17.9 Å². The molecule has 150 valence electrons. The van der Waals surface area contributed by atoms with Gasteiger partial charge in [-0.05, 0) is 50.5 Å². The van der Waals surface area contributed by atoms with E-state index in [-0.39, 0.29) is 0 Å². The van der Waals surface area contributed by atoms with E-state index in [0.29, 0.717) is 35.0 Å². The number of rotatable bonds is 3. The van der Waals surface area contributed by atoms with E-state index in [2.05, 4.69) is 10.00 Å². The highest BCUT2D eigenvalue weighted by Gasteiger charge is 2.53. The summed E-state index contributed by atoms with van der Waals surface area (Å²) < 4.78 is 34.6. The van der Waals surface area contributed by atoms with Gasteiger partial charge in [0.1, 0.15) is 0 Å².